The highest BCUT2D eigenvalue weighted by atomic mass is 32.1. The molecule has 16 rings (SSSR count). The molecule has 0 unspecified atom stereocenters. The van der Waals surface area contributed by atoms with Crippen molar-refractivity contribution < 1.29 is 0 Å². The zero-order valence-electron chi connectivity index (χ0n) is 40.9. The molecule has 5 aliphatic carbocycles. The first-order valence-corrected chi connectivity index (χ1v) is 27.4. The van der Waals surface area contributed by atoms with Gasteiger partial charge in [-0.3, -0.25) is 0 Å². The molecule has 0 aliphatic heterocycles. The monoisotopic (exact) mass is 953 g/mol. The van der Waals surface area contributed by atoms with Gasteiger partial charge in [-0.05, 0) is 171 Å². The second kappa shape index (κ2) is 16.9. The van der Waals surface area contributed by atoms with E-state index in [9.17, 15) is 0 Å². The number of hydrogen-bond acceptors (Lipinski definition) is 2. The smallest absolute Gasteiger partial charge is 0.0707 e. The van der Waals surface area contributed by atoms with E-state index in [1.54, 1.807) is 5.56 Å². The second-order valence-electron chi connectivity index (χ2n) is 21.6. The molecule has 73 heavy (non-hydrogen) atoms. The molecule has 0 radical (unpaired) electrons. The number of fused-ring (bicyclic) bond motifs is 5. The number of benzene rings is 10. The Labute approximate surface area is 433 Å². The molecule has 4 saturated carbocycles. The van der Waals surface area contributed by atoms with Crippen molar-refractivity contribution in [2.45, 2.75) is 42.9 Å². The van der Waals surface area contributed by atoms with Crippen molar-refractivity contribution in [3.8, 4) is 33.4 Å². The molecule has 2 heteroatoms. The van der Waals surface area contributed by atoms with Crippen LogP contribution in [0.5, 0.6) is 0 Å². The predicted molar refractivity (Wildman–Crippen MR) is 306 cm³/mol. The van der Waals surface area contributed by atoms with E-state index in [1.807, 2.05) is 11.3 Å². The molecule has 4 bridgehead atoms. The first-order valence-electron chi connectivity index (χ1n) is 26.6. The molecule has 1 spiro atoms. The van der Waals surface area contributed by atoms with Crippen LogP contribution in [0.2, 0.25) is 0 Å². The Morgan fingerprint density at radius 1 is 0.342 bits per heavy atom. The van der Waals surface area contributed by atoms with Gasteiger partial charge in [-0.25, -0.2) is 0 Å². The largest absolute Gasteiger partial charge is 0.310 e. The van der Waals surface area contributed by atoms with Gasteiger partial charge in [0.2, 0.25) is 0 Å². The normalized spacial score (nSPS) is 21.0. The van der Waals surface area contributed by atoms with Crippen LogP contribution in [-0.4, -0.2) is 0 Å². The SMILES string of the molecule is c1ccc(-c2cccc(N(c3ccc(-c4ccccc4-c4cccc5sc6ccccc6c45)cc3)c3ccc4c(c3)C3(c5ccccc5C4(c4ccccc4)c4ccccc4)C4CC5CC(C4)CC3C5)c2)cc1. The van der Waals surface area contributed by atoms with Crippen LogP contribution in [0.3, 0.4) is 0 Å². The second-order valence-corrected chi connectivity index (χ2v) is 22.6. The Morgan fingerprint density at radius 2 is 0.877 bits per heavy atom. The summed E-state index contributed by atoms with van der Waals surface area (Å²) in [4.78, 5) is 2.55. The van der Waals surface area contributed by atoms with Gasteiger partial charge < -0.3 is 4.90 Å². The van der Waals surface area contributed by atoms with Crippen molar-refractivity contribution in [1.82, 2.24) is 0 Å². The minimum atomic E-state index is -0.500. The summed E-state index contributed by atoms with van der Waals surface area (Å²) in [7, 11) is 0. The zero-order chi connectivity index (χ0) is 48.1. The first kappa shape index (κ1) is 42.9. The van der Waals surface area contributed by atoms with Crippen molar-refractivity contribution in [3.63, 3.8) is 0 Å². The van der Waals surface area contributed by atoms with Crippen LogP contribution < -0.4 is 4.90 Å². The number of anilines is 3. The predicted octanol–water partition coefficient (Wildman–Crippen LogP) is 19.0. The fourth-order valence-electron chi connectivity index (χ4n) is 15.4. The molecule has 350 valence electrons. The van der Waals surface area contributed by atoms with Gasteiger partial charge in [0, 0.05) is 42.6 Å². The average molecular weight is 954 g/mol. The lowest BCUT2D eigenvalue weighted by Gasteiger charge is -2.65. The maximum absolute atomic E-state index is 2.69. The summed E-state index contributed by atoms with van der Waals surface area (Å²) in [5.74, 6) is 2.85. The molecule has 5 aliphatic rings. The third-order valence-corrected chi connectivity index (χ3v) is 19.1. The van der Waals surface area contributed by atoms with Crippen LogP contribution in [0.1, 0.15) is 65.5 Å². The third-order valence-electron chi connectivity index (χ3n) is 18.0. The Bertz CT molecular complexity index is 3800. The number of rotatable bonds is 8. The van der Waals surface area contributed by atoms with Crippen molar-refractivity contribution in [2.75, 3.05) is 4.90 Å². The Morgan fingerprint density at radius 3 is 1.60 bits per heavy atom. The zero-order valence-corrected chi connectivity index (χ0v) is 41.7. The summed E-state index contributed by atoms with van der Waals surface area (Å²) >= 11 is 1.88. The van der Waals surface area contributed by atoms with Crippen molar-refractivity contribution in [1.29, 1.82) is 0 Å². The van der Waals surface area contributed by atoms with Crippen LogP contribution in [0.15, 0.2) is 249 Å². The molecular weight excluding hydrogens is 899 g/mol. The molecule has 0 N–H and O–H groups in total. The summed E-state index contributed by atoms with van der Waals surface area (Å²) < 4.78 is 2.65. The van der Waals surface area contributed by atoms with E-state index in [0.717, 1.165) is 23.2 Å². The Hall–Kier alpha value is -7.78. The van der Waals surface area contributed by atoms with Crippen LogP contribution in [0.25, 0.3) is 53.6 Å². The van der Waals surface area contributed by atoms with E-state index in [0.29, 0.717) is 11.8 Å². The number of thiophene rings is 1. The maximum atomic E-state index is 2.69. The summed E-state index contributed by atoms with van der Waals surface area (Å²) in [6.07, 6.45) is 6.69. The summed E-state index contributed by atoms with van der Waals surface area (Å²) in [5, 5.41) is 2.66. The van der Waals surface area contributed by atoms with Gasteiger partial charge in [-0.1, -0.05) is 200 Å². The molecule has 1 heterocycles. The van der Waals surface area contributed by atoms with Crippen molar-refractivity contribution >= 4 is 48.6 Å². The number of nitrogens with zero attached hydrogens (tertiary/aromatic N) is 1. The molecular formula is C71H55NS. The highest BCUT2D eigenvalue weighted by molar-refractivity contribution is 7.25. The lowest BCUT2D eigenvalue weighted by atomic mass is 9.38. The molecule has 1 aromatic heterocycles. The van der Waals surface area contributed by atoms with Gasteiger partial charge in [0.05, 0.1) is 5.41 Å². The van der Waals surface area contributed by atoms with E-state index in [4.69, 9.17) is 0 Å². The van der Waals surface area contributed by atoms with E-state index >= 15 is 0 Å². The number of hydrogen-bond donors (Lipinski definition) is 0. The van der Waals surface area contributed by atoms with Crippen molar-refractivity contribution in [3.05, 3.63) is 282 Å². The van der Waals surface area contributed by atoms with Gasteiger partial charge in [0.1, 0.15) is 0 Å². The highest BCUT2D eigenvalue weighted by Gasteiger charge is 2.63. The summed E-state index contributed by atoms with van der Waals surface area (Å²) in [6.45, 7) is 0. The lowest BCUT2D eigenvalue weighted by Crippen LogP contribution is -2.59. The maximum Gasteiger partial charge on any atom is 0.0707 e. The van der Waals surface area contributed by atoms with Gasteiger partial charge in [-0.2, -0.15) is 0 Å². The first-order chi connectivity index (χ1) is 36.2. The third kappa shape index (κ3) is 6.46. The summed E-state index contributed by atoms with van der Waals surface area (Å²) in [6, 6.07) is 94.6. The minimum Gasteiger partial charge on any atom is -0.310 e. The van der Waals surface area contributed by atoms with E-state index in [-0.39, 0.29) is 5.41 Å². The summed E-state index contributed by atoms with van der Waals surface area (Å²) in [5.41, 5.74) is 19.0. The van der Waals surface area contributed by atoms with Gasteiger partial charge in [-0.15, -0.1) is 11.3 Å². The van der Waals surface area contributed by atoms with Crippen LogP contribution >= 0.6 is 11.3 Å². The molecule has 0 amide bonds. The molecule has 11 aromatic rings. The Kier molecular flexibility index (Phi) is 9.93. The Balaban J connectivity index is 0.954. The average Bonchev–Trinajstić information content (AvgIpc) is 3.85. The van der Waals surface area contributed by atoms with Gasteiger partial charge >= 0.3 is 0 Å². The van der Waals surface area contributed by atoms with Crippen LogP contribution in [-0.2, 0) is 10.8 Å². The van der Waals surface area contributed by atoms with E-state index in [1.165, 1.54) is 119 Å². The fourth-order valence-corrected chi connectivity index (χ4v) is 16.6. The van der Waals surface area contributed by atoms with Gasteiger partial charge in [0.15, 0.2) is 0 Å². The molecule has 4 fully saturated rings. The van der Waals surface area contributed by atoms with Crippen LogP contribution in [0.4, 0.5) is 17.1 Å². The molecule has 0 saturated heterocycles. The van der Waals surface area contributed by atoms with E-state index in [2.05, 4.69) is 254 Å². The lowest BCUT2D eigenvalue weighted by molar-refractivity contribution is -0.0440. The minimum absolute atomic E-state index is 0.0931. The molecule has 1 nitrogen and oxygen atoms in total. The molecule has 0 atom stereocenters. The topological polar surface area (TPSA) is 3.24 Å². The highest BCUT2D eigenvalue weighted by Crippen LogP contribution is 2.70. The fraction of sp³-hybridized carbons (Fsp3) is 0.155. The van der Waals surface area contributed by atoms with Gasteiger partial charge in [0.25, 0.3) is 0 Å². The quantitative estimate of drug-likeness (QED) is 0.147. The molecule has 10 aromatic carbocycles. The van der Waals surface area contributed by atoms with Crippen molar-refractivity contribution in [2.24, 2.45) is 23.7 Å². The standard InChI is InChI=1S/C71H55NS/c1-4-18-49(19-5-1)51-20-16-25-57(45-51)72(56-36-34-50(35-37-56)59-26-10-11-27-60(59)61-29-17-33-68-69(61)62-28-12-15-32-67(62)73-68)58-38-39-65-66(46-58)71(54-41-47-40-48(43-54)44-55(71)42-47)64-31-14-13-30-63(64)70(65,52-21-6-2-7-22-52)53-23-8-3-9-24-53/h1-39,45-48,54-55H,40-44H2. The van der Waals surface area contributed by atoms with E-state index < -0.39 is 5.41 Å². The van der Waals surface area contributed by atoms with Crippen LogP contribution in [0, 0.1) is 23.7 Å².